The quantitative estimate of drug-likeness (QED) is 0.600. The summed E-state index contributed by atoms with van der Waals surface area (Å²) in [4.78, 5) is 23.5. The number of rotatable bonds is 7. The molecule has 0 spiro atoms. The molecule has 2 N–H and O–H groups in total. The van der Waals surface area contributed by atoms with Gasteiger partial charge in [-0.15, -0.1) is 0 Å². The van der Waals surface area contributed by atoms with Crippen LogP contribution in [0, 0.1) is 5.82 Å². The SMILES string of the molecule is COc1ccc(/C=C/C(=O)NC2CCN(S(=O)(=O)c3ccc(NC(C)=O)cc3)CC2)cc1F. The molecule has 0 saturated carbocycles. The van der Waals surface area contributed by atoms with Gasteiger partial charge in [-0.25, -0.2) is 12.8 Å². The zero-order valence-corrected chi connectivity index (χ0v) is 19.2. The molecule has 1 heterocycles. The molecule has 0 aromatic heterocycles. The molecule has 1 aliphatic rings. The van der Waals surface area contributed by atoms with E-state index >= 15 is 0 Å². The van der Waals surface area contributed by atoms with Crippen LogP contribution in [0.25, 0.3) is 6.08 Å². The molecule has 2 aromatic carbocycles. The third kappa shape index (κ3) is 6.39. The third-order valence-corrected chi connectivity index (χ3v) is 7.13. The second-order valence-corrected chi connectivity index (χ2v) is 9.56. The number of hydrogen-bond acceptors (Lipinski definition) is 5. The fraction of sp³-hybridized carbons (Fsp3) is 0.304. The minimum absolute atomic E-state index is 0.127. The van der Waals surface area contributed by atoms with Gasteiger partial charge in [-0.3, -0.25) is 9.59 Å². The average molecular weight is 476 g/mol. The molecule has 0 unspecified atom stereocenters. The van der Waals surface area contributed by atoms with Crippen molar-refractivity contribution >= 4 is 33.6 Å². The van der Waals surface area contributed by atoms with Crippen molar-refractivity contribution in [1.82, 2.24) is 9.62 Å². The van der Waals surface area contributed by atoms with Crippen molar-refractivity contribution in [2.24, 2.45) is 0 Å². The van der Waals surface area contributed by atoms with Crippen LogP contribution in [0.2, 0.25) is 0 Å². The zero-order chi connectivity index (χ0) is 24.0. The number of nitrogens with one attached hydrogen (secondary N) is 2. The zero-order valence-electron chi connectivity index (χ0n) is 18.4. The molecular weight excluding hydrogens is 449 g/mol. The van der Waals surface area contributed by atoms with E-state index in [1.807, 2.05) is 0 Å². The number of carbonyl (C=O) groups is 2. The predicted molar refractivity (Wildman–Crippen MR) is 123 cm³/mol. The minimum Gasteiger partial charge on any atom is -0.494 e. The van der Waals surface area contributed by atoms with Crippen molar-refractivity contribution in [2.75, 3.05) is 25.5 Å². The normalized spacial score (nSPS) is 15.4. The van der Waals surface area contributed by atoms with E-state index < -0.39 is 15.8 Å². The first-order chi connectivity index (χ1) is 15.7. The number of halogens is 1. The molecule has 33 heavy (non-hydrogen) atoms. The number of nitrogens with zero attached hydrogens (tertiary/aromatic N) is 1. The van der Waals surface area contributed by atoms with E-state index in [9.17, 15) is 22.4 Å². The van der Waals surface area contributed by atoms with E-state index in [4.69, 9.17) is 4.74 Å². The van der Waals surface area contributed by atoms with Gasteiger partial charge in [0.2, 0.25) is 21.8 Å². The van der Waals surface area contributed by atoms with Crippen molar-refractivity contribution in [3.05, 3.63) is 59.9 Å². The summed E-state index contributed by atoms with van der Waals surface area (Å²) in [5.74, 6) is -0.956. The Morgan fingerprint density at radius 3 is 2.36 bits per heavy atom. The molecule has 0 atom stereocenters. The maximum atomic E-state index is 13.7. The molecule has 1 fully saturated rings. The van der Waals surface area contributed by atoms with Gasteiger partial charge in [0.05, 0.1) is 12.0 Å². The fourth-order valence-electron chi connectivity index (χ4n) is 3.51. The van der Waals surface area contributed by atoms with Gasteiger partial charge in [0.25, 0.3) is 0 Å². The summed E-state index contributed by atoms with van der Waals surface area (Å²) in [7, 11) is -2.29. The maximum Gasteiger partial charge on any atom is 0.244 e. The summed E-state index contributed by atoms with van der Waals surface area (Å²) in [6.45, 7) is 1.92. The molecule has 0 radical (unpaired) electrons. The van der Waals surface area contributed by atoms with Crippen LogP contribution >= 0.6 is 0 Å². The van der Waals surface area contributed by atoms with Gasteiger partial charge < -0.3 is 15.4 Å². The largest absolute Gasteiger partial charge is 0.494 e. The highest BCUT2D eigenvalue weighted by Gasteiger charge is 2.29. The summed E-state index contributed by atoms with van der Waals surface area (Å²) in [6.07, 6.45) is 3.77. The number of benzene rings is 2. The first-order valence-corrected chi connectivity index (χ1v) is 11.8. The smallest absolute Gasteiger partial charge is 0.244 e. The molecular formula is C23H26FN3O5S. The number of ether oxygens (including phenoxy) is 1. The topological polar surface area (TPSA) is 105 Å². The Labute approximate surface area is 192 Å². The lowest BCUT2D eigenvalue weighted by atomic mass is 10.1. The second-order valence-electron chi connectivity index (χ2n) is 7.62. The monoisotopic (exact) mass is 475 g/mol. The van der Waals surface area contributed by atoms with E-state index in [0.717, 1.165) is 0 Å². The molecule has 2 aromatic rings. The lowest BCUT2D eigenvalue weighted by Gasteiger charge is -2.31. The van der Waals surface area contributed by atoms with Crippen LogP contribution in [-0.2, 0) is 19.6 Å². The minimum atomic E-state index is -3.67. The van der Waals surface area contributed by atoms with Crippen LogP contribution < -0.4 is 15.4 Å². The van der Waals surface area contributed by atoms with E-state index in [1.165, 1.54) is 54.8 Å². The standard InChI is InChI=1S/C23H26FN3O5S/c1-16(28)25-18-5-7-20(8-6-18)33(30,31)27-13-11-19(12-14-27)26-23(29)10-4-17-3-9-22(32-2)21(24)15-17/h3-10,15,19H,11-14H2,1-2H3,(H,25,28)(H,26,29)/b10-4+. The highest BCUT2D eigenvalue weighted by atomic mass is 32.2. The van der Waals surface area contributed by atoms with Gasteiger partial charge in [0.1, 0.15) is 0 Å². The number of hydrogen-bond donors (Lipinski definition) is 2. The third-order valence-electron chi connectivity index (χ3n) is 5.22. The van der Waals surface area contributed by atoms with Crippen LogP contribution in [0.15, 0.2) is 53.4 Å². The molecule has 8 nitrogen and oxygen atoms in total. The number of anilines is 1. The molecule has 0 aliphatic carbocycles. The van der Waals surface area contributed by atoms with E-state index in [1.54, 1.807) is 18.2 Å². The molecule has 1 saturated heterocycles. The lowest BCUT2D eigenvalue weighted by Crippen LogP contribution is -2.46. The van der Waals surface area contributed by atoms with Crippen LogP contribution in [0.5, 0.6) is 5.75 Å². The molecule has 1 aliphatic heterocycles. The van der Waals surface area contributed by atoms with Gasteiger partial charge in [0, 0.05) is 37.8 Å². The number of sulfonamides is 1. The van der Waals surface area contributed by atoms with E-state index in [0.29, 0.717) is 24.1 Å². The molecule has 176 valence electrons. The van der Waals surface area contributed by atoms with Crippen molar-refractivity contribution in [2.45, 2.75) is 30.7 Å². The van der Waals surface area contributed by atoms with Crippen LogP contribution in [0.3, 0.4) is 0 Å². The van der Waals surface area contributed by atoms with E-state index in [2.05, 4.69) is 10.6 Å². The van der Waals surface area contributed by atoms with Gasteiger partial charge >= 0.3 is 0 Å². The molecule has 10 heteroatoms. The van der Waals surface area contributed by atoms with Crippen LogP contribution in [0.1, 0.15) is 25.3 Å². The summed E-state index contributed by atoms with van der Waals surface area (Å²) in [5, 5.41) is 5.46. The van der Waals surface area contributed by atoms with Gasteiger partial charge in [-0.05, 0) is 60.9 Å². The Balaban J connectivity index is 1.53. The Bertz CT molecular complexity index is 1140. The lowest BCUT2D eigenvalue weighted by molar-refractivity contribution is -0.117. The summed E-state index contributed by atoms with van der Waals surface area (Å²) in [6, 6.07) is 10.2. The number of carbonyl (C=O) groups excluding carboxylic acids is 2. The summed E-state index contributed by atoms with van der Waals surface area (Å²) in [5.41, 5.74) is 1.04. The van der Waals surface area contributed by atoms with Crippen molar-refractivity contribution in [1.29, 1.82) is 0 Å². The van der Waals surface area contributed by atoms with Crippen molar-refractivity contribution in [3.8, 4) is 5.75 Å². The summed E-state index contributed by atoms with van der Waals surface area (Å²) >= 11 is 0. The van der Waals surface area contributed by atoms with Crippen LogP contribution in [0.4, 0.5) is 10.1 Å². The summed E-state index contributed by atoms with van der Waals surface area (Å²) < 4.78 is 45.8. The Kier molecular flexibility index (Phi) is 7.83. The fourth-order valence-corrected chi connectivity index (χ4v) is 4.98. The van der Waals surface area contributed by atoms with E-state index in [-0.39, 0.29) is 41.6 Å². The van der Waals surface area contributed by atoms with Crippen molar-refractivity contribution < 1.29 is 27.1 Å². The van der Waals surface area contributed by atoms with Gasteiger partial charge in [0.15, 0.2) is 11.6 Å². The Morgan fingerprint density at radius 2 is 1.79 bits per heavy atom. The molecule has 3 rings (SSSR count). The first-order valence-electron chi connectivity index (χ1n) is 10.4. The van der Waals surface area contributed by atoms with Gasteiger partial charge in [-0.2, -0.15) is 4.31 Å². The second kappa shape index (κ2) is 10.6. The maximum absolute atomic E-state index is 13.7. The number of amides is 2. The average Bonchev–Trinajstić information content (AvgIpc) is 2.78. The Hall–Kier alpha value is -3.24. The number of piperidine rings is 1. The van der Waals surface area contributed by atoms with Crippen LogP contribution in [-0.4, -0.2) is 50.8 Å². The van der Waals surface area contributed by atoms with Gasteiger partial charge in [-0.1, -0.05) is 6.07 Å². The highest BCUT2D eigenvalue weighted by Crippen LogP contribution is 2.22. The molecule has 0 bridgehead atoms. The van der Waals surface area contributed by atoms with Crippen molar-refractivity contribution in [3.63, 3.8) is 0 Å². The Morgan fingerprint density at radius 1 is 1.12 bits per heavy atom. The number of methoxy groups -OCH3 is 1. The first kappa shape index (κ1) is 24.4. The predicted octanol–water partition coefficient (Wildman–Crippen LogP) is 2.78. The molecule has 2 amide bonds. The highest BCUT2D eigenvalue weighted by molar-refractivity contribution is 7.89.